The summed E-state index contributed by atoms with van der Waals surface area (Å²) in [6.07, 6.45) is 6.62. The van der Waals surface area contributed by atoms with Gasteiger partial charge in [0.2, 0.25) is 0 Å². The third-order valence-corrected chi connectivity index (χ3v) is 1.88. The first kappa shape index (κ1) is 10.2. The maximum absolute atomic E-state index is 8.54. The molecule has 0 aliphatic rings. The van der Waals surface area contributed by atoms with Gasteiger partial charge in [0, 0.05) is 25.0 Å². The van der Waals surface area contributed by atoms with Crippen molar-refractivity contribution in [1.29, 1.82) is 0 Å². The molecule has 0 bridgehead atoms. The fraction of sp³-hybridized carbons (Fsp3) is 0.667. The standard InChI is InChI=1S/C9H17N3O/c13-5-3-1-2-4-10-6-9-7-11-8-12-9/h7-8,10,13H,1-6H2,(H,11,12). The van der Waals surface area contributed by atoms with Gasteiger partial charge in [-0.05, 0) is 25.8 Å². The fourth-order valence-corrected chi connectivity index (χ4v) is 1.14. The van der Waals surface area contributed by atoms with Crippen LogP contribution in [0.2, 0.25) is 0 Å². The van der Waals surface area contributed by atoms with Crippen LogP contribution in [0.1, 0.15) is 25.0 Å². The minimum Gasteiger partial charge on any atom is -0.396 e. The van der Waals surface area contributed by atoms with E-state index in [-0.39, 0.29) is 0 Å². The van der Waals surface area contributed by atoms with E-state index in [0.717, 1.165) is 38.0 Å². The first-order valence-corrected chi connectivity index (χ1v) is 4.72. The van der Waals surface area contributed by atoms with Crippen molar-refractivity contribution < 1.29 is 5.11 Å². The van der Waals surface area contributed by atoms with Crippen molar-refractivity contribution in [3.8, 4) is 0 Å². The molecule has 0 radical (unpaired) electrons. The number of nitrogens with zero attached hydrogens (tertiary/aromatic N) is 1. The van der Waals surface area contributed by atoms with Crippen molar-refractivity contribution >= 4 is 0 Å². The highest BCUT2D eigenvalue weighted by molar-refractivity contribution is 4.92. The van der Waals surface area contributed by atoms with Gasteiger partial charge in [-0.3, -0.25) is 0 Å². The summed E-state index contributed by atoms with van der Waals surface area (Å²) in [5.74, 6) is 0. The zero-order valence-electron chi connectivity index (χ0n) is 7.79. The van der Waals surface area contributed by atoms with Crippen LogP contribution in [0.3, 0.4) is 0 Å². The first-order valence-electron chi connectivity index (χ1n) is 4.72. The van der Waals surface area contributed by atoms with Crippen LogP contribution in [0, 0.1) is 0 Å². The van der Waals surface area contributed by atoms with Gasteiger partial charge < -0.3 is 15.4 Å². The van der Waals surface area contributed by atoms with Crippen molar-refractivity contribution in [2.75, 3.05) is 13.2 Å². The second-order valence-corrected chi connectivity index (χ2v) is 3.04. The van der Waals surface area contributed by atoms with E-state index in [1.165, 1.54) is 0 Å². The summed E-state index contributed by atoms with van der Waals surface area (Å²) in [5, 5.41) is 11.8. The third kappa shape index (κ3) is 4.65. The molecule has 0 saturated carbocycles. The first-order chi connectivity index (χ1) is 6.43. The molecule has 0 fully saturated rings. The third-order valence-electron chi connectivity index (χ3n) is 1.88. The smallest absolute Gasteiger partial charge is 0.0922 e. The lowest BCUT2D eigenvalue weighted by Crippen LogP contribution is -2.14. The van der Waals surface area contributed by atoms with E-state index < -0.39 is 0 Å². The Morgan fingerprint density at radius 1 is 1.38 bits per heavy atom. The molecule has 1 aromatic heterocycles. The number of imidazole rings is 1. The molecule has 0 amide bonds. The van der Waals surface area contributed by atoms with Crippen LogP contribution in [0.5, 0.6) is 0 Å². The summed E-state index contributed by atoms with van der Waals surface area (Å²) in [6.45, 7) is 2.15. The minimum atomic E-state index is 0.306. The Morgan fingerprint density at radius 3 is 3.00 bits per heavy atom. The van der Waals surface area contributed by atoms with Gasteiger partial charge in [-0.25, -0.2) is 4.98 Å². The molecule has 1 rings (SSSR count). The SMILES string of the molecule is OCCCCCNCc1cnc[nH]1. The second-order valence-electron chi connectivity index (χ2n) is 3.04. The van der Waals surface area contributed by atoms with Crippen LogP contribution >= 0.6 is 0 Å². The molecule has 4 heteroatoms. The van der Waals surface area contributed by atoms with Gasteiger partial charge in [0.1, 0.15) is 0 Å². The Hall–Kier alpha value is -0.870. The minimum absolute atomic E-state index is 0.306. The van der Waals surface area contributed by atoms with E-state index in [2.05, 4.69) is 15.3 Å². The molecule has 0 aliphatic heterocycles. The van der Waals surface area contributed by atoms with Crippen LogP contribution in [0.25, 0.3) is 0 Å². The monoisotopic (exact) mass is 183 g/mol. The summed E-state index contributed by atoms with van der Waals surface area (Å²) in [4.78, 5) is 6.95. The number of hydrogen-bond donors (Lipinski definition) is 3. The van der Waals surface area contributed by atoms with Crippen LogP contribution < -0.4 is 5.32 Å². The van der Waals surface area contributed by atoms with Gasteiger partial charge in [0.15, 0.2) is 0 Å². The molecule has 0 atom stereocenters. The van der Waals surface area contributed by atoms with Crippen LogP contribution in [-0.2, 0) is 6.54 Å². The van der Waals surface area contributed by atoms with Crippen molar-refractivity contribution in [3.05, 3.63) is 18.2 Å². The maximum Gasteiger partial charge on any atom is 0.0922 e. The van der Waals surface area contributed by atoms with Gasteiger partial charge >= 0.3 is 0 Å². The predicted octanol–water partition coefficient (Wildman–Crippen LogP) is 0.662. The number of aromatic amines is 1. The molecule has 0 saturated heterocycles. The fourth-order valence-electron chi connectivity index (χ4n) is 1.14. The Balaban J connectivity index is 1.90. The molecule has 1 heterocycles. The molecule has 3 N–H and O–H groups in total. The average molecular weight is 183 g/mol. The lowest BCUT2D eigenvalue weighted by Gasteiger charge is -2.01. The highest BCUT2D eigenvalue weighted by atomic mass is 16.2. The number of aromatic nitrogens is 2. The molecule has 0 unspecified atom stereocenters. The number of hydrogen-bond acceptors (Lipinski definition) is 3. The Kier molecular flexibility index (Phi) is 5.20. The molecule has 0 aliphatic carbocycles. The van der Waals surface area contributed by atoms with E-state index in [1.54, 1.807) is 6.33 Å². The Morgan fingerprint density at radius 2 is 2.31 bits per heavy atom. The number of aliphatic hydroxyl groups is 1. The van der Waals surface area contributed by atoms with E-state index in [9.17, 15) is 0 Å². The summed E-state index contributed by atoms with van der Waals surface area (Å²) < 4.78 is 0. The van der Waals surface area contributed by atoms with Crippen molar-refractivity contribution in [2.24, 2.45) is 0 Å². The number of H-pyrrole nitrogens is 1. The highest BCUT2D eigenvalue weighted by Crippen LogP contribution is 1.93. The predicted molar refractivity (Wildman–Crippen MR) is 51.2 cm³/mol. The average Bonchev–Trinajstić information content (AvgIpc) is 2.63. The number of rotatable bonds is 7. The summed E-state index contributed by atoms with van der Waals surface area (Å²) in [7, 11) is 0. The molecule has 1 aromatic rings. The van der Waals surface area contributed by atoms with Gasteiger partial charge in [0.05, 0.1) is 6.33 Å². The maximum atomic E-state index is 8.54. The van der Waals surface area contributed by atoms with Crippen LogP contribution in [-0.4, -0.2) is 28.2 Å². The lowest BCUT2D eigenvalue weighted by molar-refractivity contribution is 0.283. The molecule has 0 aromatic carbocycles. The summed E-state index contributed by atoms with van der Waals surface area (Å²) >= 11 is 0. The van der Waals surface area contributed by atoms with Crippen molar-refractivity contribution in [1.82, 2.24) is 15.3 Å². The zero-order valence-corrected chi connectivity index (χ0v) is 7.79. The van der Waals surface area contributed by atoms with Crippen molar-refractivity contribution in [2.45, 2.75) is 25.8 Å². The van der Waals surface area contributed by atoms with Gasteiger partial charge in [-0.15, -0.1) is 0 Å². The zero-order chi connectivity index (χ0) is 9.36. The van der Waals surface area contributed by atoms with Gasteiger partial charge in [-0.1, -0.05) is 0 Å². The van der Waals surface area contributed by atoms with E-state index in [0.29, 0.717) is 6.61 Å². The molecular weight excluding hydrogens is 166 g/mol. The molecule has 74 valence electrons. The molecule has 0 spiro atoms. The van der Waals surface area contributed by atoms with E-state index in [4.69, 9.17) is 5.11 Å². The number of unbranched alkanes of at least 4 members (excludes halogenated alkanes) is 2. The summed E-state index contributed by atoms with van der Waals surface area (Å²) in [6, 6.07) is 0. The Labute approximate surface area is 78.4 Å². The van der Waals surface area contributed by atoms with E-state index >= 15 is 0 Å². The van der Waals surface area contributed by atoms with Crippen LogP contribution in [0.15, 0.2) is 12.5 Å². The molecular formula is C9H17N3O. The number of aliphatic hydroxyl groups excluding tert-OH is 1. The van der Waals surface area contributed by atoms with Crippen molar-refractivity contribution in [3.63, 3.8) is 0 Å². The van der Waals surface area contributed by atoms with Gasteiger partial charge in [-0.2, -0.15) is 0 Å². The highest BCUT2D eigenvalue weighted by Gasteiger charge is 1.92. The molecule has 4 nitrogen and oxygen atoms in total. The van der Waals surface area contributed by atoms with Crippen LogP contribution in [0.4, 0.5) is 0 Å². The lowest BCUT2D eigenvalue weighted by atomic mass is 10.2. The van der Waals surface area contributed by atoms with E-state index in [1.807, 2.05) is 6.20 Å². The number of nitrogens with one attached hydrogen (secondary N) is 2. The Bertz CT molecular complexity index is 199. The second kappa shape index (κ2) is 6.62. The topological polar surface area (TPSA) is 60.9 Å². The largest absolute Gasteiger partial charge is 0.396 e. The summed E-state index contributed by atoms with van der Waals surface area (Å²) in [5.41, 5.74) is 1.11. The van der Waals surface area contributed by atoms with Gasteiger partial charge in [0.25, 0.3) is 0 Å². The normalized spacial score (nSPS) is 10.5. The molecule has 13 heavy (non-hydrogen) atoms. The quantitative estimate of drug-likeness (QED) is 0.544.